The summed E-state index contributed by atoms with van der Waals surface area (Å²) >= 11 is 0. The van der Waals surface area contributed by atoms with Crippen LogP contribution in [0.1, 0.15) is 27.7 Å². The number of carbonyl (C=O) groups is 2. The van der Waals surface area contributed by atoms with Crippen LogP contribution in [0.3, 0.4) is 0 Å². The summed E-state index contributed by atoms with van der Waals surface area (Å²) in [5, 5.41) is 0. The van der Waals surface area contributed by atoms with Crippen LogP contribution < -0.4 is 15.2 Å². The van der Waals surface area contributed by atoms with Gasteiger partial charge in [-0.2, -0.15) is 0 Å². The normalized spacial score (nSPS) is 18.5. The number of carbonyl (C=O) groups excluding carboxylic acids is 2. The van der Waals surface area contributed by atoms with E-state index in [1.807, 2.05) is 45.0 Å². The second-order valence-corrected chi connectivity index (χ2v) is 7.29. The van der Waals surface area contributed by atoms with Crippen LogP contribution in [0.5, 0.6) is 11.5 Å². The zero-order chi connectivity index (χ0) is 22.1. The van der Waals surface area contributed by atoms with Crippen molar-refractivity contribution in [2.24, 2.45) is 11.7 Å². The van der Waals surface area contributed by atoms with Crippen molar-refractivity contribution >= 4 is 12.1 Å². The highest BCUT2D eigenvalue weighted by Crippen LogP contribution is 2.26. The molecule has 1 aromatic carbocycles. The van der Waals surface area contributed by atoms with Gasteiger partial charge in [-0.15, -0.1) is 0 Å². The van der Waals surface area contributed by atoms with Gasteiger partial charge in [0.05, 0.1) is 19.8 Å². The van der Waals surface area contributed by atoms with Crippen molar-refractivity contribution in [3.63, 3.8) is 0 Å². The SMILES string of the molecule is CCOc1ccccc1OC[C@@H]1CN(C(=O)O[C@@H](C)OC(=O)[C@@H](N)C(C)C)CCO1. The number of esters is 1. The molecule has 0 radical (unpaired) electrons. The first-order chi connectivity index (χ1) is 14.3. The molecule has 1 amide bonds. The van der Waals surface area contributed by atoms with E-state index >= 15 is 0 Å². The van der Waals surface area contributed by atoms with Crippen molar-refractivity contribution in [1.29, 1.82) is 0 Å². The lowest BCUT2D eigenvalue weighted by Gasteiger charge is -2.32. The molecule has 0 aromatic heterocycles. The summed E-state index contributed by atoms with van der Waals surface area (Å²) in [4.78, 5) is 25.8. The van der Waals surface area contributed by atoms with Gasteiger partial charge in [-0.3, -0.25) is 4.79 Å². The van der Waals surface area contributed by atoms with Gasteiger partial charge in [-0.1, -0.05) is 26.0 Å². The van der Waals surface area contributed by atoms with Gasteiger partial charge in [0.2, 0.25) is 6.29 Å². The molecule has 0 saturated carbocycles. The smallest absolute Gasteiger partial charge is 0.413 e. The summed E-state index contributed by atoms with van der Waals surface area (Å²) < 4.78 is 27.4. The summed E-state index contributed by atoms with van der Waals surface area (Å²) in [6.07, 6.45) is -1.95. The predicted octanol–water partition coefficient (Wildman–Crippen LogP) is 2.17. The van der Waals surface area contributed by atoms with Crippen molar-refractivity contribution in [1.82, 2.24) is 4.90 Å². The number of morpholine rings is 1. The molecule has 1 fully saturated rings. The molecule has 0 aliphatic carbocycles. The second-order valence-electron chi connectivity index (χ2n) is 7.29. The minimum atomic E-state index is -1.04. The summed E-state index contributed by atoms with van der Waals surface area (Å²) in [6.45, 7) is 8.80. The number of amides is 1. The largest absolute Gasteiger partial charge is 0.490 e. The van der Waals surface area contributed by atoms with E-state index in [-0.39, 0.29) is 18.6 Å². The van der Waals surface area contributed by atoms with Gasteiger partial charge in [0, 0.05) is 13.5 Å². The third-order valence-corrected chi connectivity index (χ3v) is 4.51. The van der Waals surface area contributed by atoms with E-state index in [4.69, 9.17) is 29.4 Å². The van der Waals surface area contributed by atoms with E-state index in [9.17, 15) is 9.59 Å². The summed E-state index contributed by atoms with van der Waals surface area (Å²) in [6, 6.07) is 6.61. The maximum absolute atomic E-state index is 12.4. The highest BCUT2D eigenvalue weighted by atomic mass is 16.7. The Hall–Kier alpha value is -2.52. The lowest BCUT2D eigenvalue weighted by molar-refractivity contribution is -0.169. The summed E-state index contributed by atoms with van der Waals surface area (Å²) in [5.41, 5.74) is 5.75. The summed E-state index contributed by atoms with van der Waals surface area (Å²) in [5.74, 6) is 0.590. The highest BCUT2D eigenvalue weighted by Gasteiger charge is 2.28. The van der Waals surface area contributed by atoms with Crippen LogP contribution in [0.2, 0.25) is 0 Å². The van der Waals surface area contributed by atoms with Crippen molar-refractivity contribution in [2.75, 3.05) is 32.9 Å². The Morgan fingerprint density at radius 2 is 1.83 bits per heavy atom. The Morgan fingerprint density at radius 3 is 2.47 bits per heavy atom. The maximum Gasteiger partial charge on any atom is 0.413 e. The number of para-hydroxylation sites is 2. The quantitative estimate of drug-likeness (QED) is 0.474. The van der Waals surface area contributed by atoms with Crippen LogP contribution in [-0.4, -0.2) is 68.3 Å². The number of ether oxygens (including phenoxy) is 5. The molecule has 30 heavy (non-hydrogen) atoms. The molecule has 0 spiro atoms. The molecule has 1 aliphatic heterocycles. The molecule has 9 nitrogen and oxygen atoms in total. The maximum atomic E-state index is 12.4. The minimum absolute atomic E-state index is 0.0757. The molecule has 9 heteroatoms. The van der Waals surface area contributed by atoms with Crippen molar-refractivity contribution in [2.45, 2.75) is 46.1 Å². The molecule has 168 valence electrons. The third kappa shape index (κ3) is 7.07. The first kappa shape index (κ1) is 23.8. The fourth-order valence-electron chi connectivity index (χ4n) is 2.77. The van der Waals surface area contributed by atoms with Crippen LogP contribution >= 0.6 is 0 Å². The monoisotopic (exact) mass is 424 g/mol. The number of hydrogen-bond acceptors (Lipinski definition) is 8. The van der Waals surface area contributed by atoms with Crippen LogP contribution in [0.25, 0.3) is 0 Å². The second kappa shape index (κ2) is 11.6. The Labute approximate surface area is 177 Å². The van der Waals surface area contributed by atoms with Gasteiger partial charge in [0.15, 0.2) is 11.5 Å². The van der Waals surface area contributed by atoms with E-state index < -0.39 is 24.4 Å². The van der Waals surface area contributed by atoms with Gasteiger partial charge >= 0.3 is 12.1 Å². The first-order valence-corrected chi connectivity index (χ1v) is 10.2. The Morgan fingerprint density at radius 1 is 1.17 bits per heavy atom. The van der Waals surface area contributed by atoms with E-state index in [2.05, 4.69) is 0 Å². The molecule has 3 atom stereocenters. The van der Waals surface area contributed by atoms with E-state index in [1.165, 1.54) is 11.8 Å². The Bertz CT molecular complexity index is 698. The Balaban J connectivity index is 1.82. The number of nitrogens with zero attached hydrogens (tertiary/aromatic N) is 1. The zero-order valence-electron chi connectivity index (χ0n) is 18.0. The number of rotatable bonds is 9. The minimum Gasteiger partial charge on any atom is -0.490 e. The lowest BCUT2D eigenvalue weighted by atomic mass is 10.1. The van der Waals surface area contributed by atoms with Gasteiger partial charge in [-0.25, -0.2) is 4.79 Å². The van der Waals surface area contributed by atoms with Crippen molar-refractivity contribution in [3.05, 3.63) is 24.3 Å². The molecule has 1 aliphatic rings. The molecule has 0 bridgehead atoms. The van der Waals surface area contributed by atoms with Crippen molar-refractivity contribution < 1.29 is 33.3 Å². The molecular formula is C21H32N2O7. The number of hydrogen-bond donors (Lipinski definition) is 1. The number of benzene rings is 1. The summed E-state index contributed by atoms with van der Waals surface area (Å²) in [7, 11) is 0. The van der Waals surface area contributed by atoms with Gasteiger partial charge in [0.25, 0.3) is 0 Å². The van der Waals surface area contributed by atoms with Crippen molar-refractivity contribution in [3.8, 4) is 11.5 Å². The van der Waals surface area contributed by atoms with Gasteiger partial charge < -0.3 is 34.3 Å². The van der Waals surface area contributed by atoms with Crippen LogP contribution in [-0.2, 0) is 19.0 Å². The van der Waals surface area contributed by atoms with Crippen LogP contribution in [0.4, 0.5) is 4.79 Å². The molecule has 2 N–H and O–H groups in total. The molecule has 1 aromatic rings. The molecule has 1 saturated heterocycles. The fraction of sp³-hybridized carbons (Fsp3) is 0.619. The zero-order valence-corrected chi connectivity index (χ0v) is 18.0. The number of nitrogens with two attached hydrogens (primary N) is 1. The third-order valence-electron chi connectivity index (χ3n) is 4.51. The highest BCUT2D eigenvalue weighted by molar-refractivity contribution is 5.76. The fourth-order valence-corrected chi connectivity index (χ4v) is 2.77. The van der Waals surface area contributed by atoms with E-state index in [0.29, 0.717) is 37.8 Å². The topological polar surface area (TPSA) is 110 Å². The van der Waals surface area contributed by atoms with E-state index in [0.717, 1.165) is 0 Å². The molecule has 0 unspecified atom stereocenters. The lowest BCUT2D eigenvalue weighted by Crippen LogP contribution is -2.48. The standard InChI is InChI=1S/C21H32N2O7/c1-5-26-17-8-6-7-9-18(17)28-13-16-12-23(10-11-27-16)21(25)30-15(4)29-20(24)19(22)14(2)3/h6-9,14-16,19H,5,10-13,22H2,1-4H3/t15-,16-,19-/m0/s1. The van der Waals surface area contributed by atoms with Gasteiger partial charge in [-0.05, 0) is 25.0 Å². The van der Waals surface area contributed by atoms with E-state index in [1.54, 1.807) is 0 Å². The molecule has 1 heterocycles. The molecular weight excluding hydrogens is 392 g/mol. The van der Waals surface area contributed by atoms with Crippen LogP contribution in [0.15, 0.2) is 24.3 Å². The Kier molecular flexibility index (Phi) is 9.19. The van der Waals surface area contributed by atoms with Gasteiger partial charge in [0.1, 0.15) is 18.8 Å². The predicted molar refractivity (Wildman–Crippen MR) is 109 cm³/mol. The molecule has 2 rings (SSSR count). The average molecular weight is 424 g/mol. The average Bonchev–Trinajstić information content (AvgIpc) is 2.72. The van der Waals surface area contributed by atoms with Crippen LogP contribution in [0, 0.1) is 5.92 Å². The first-order valence-electron chi connectivity index (χ1n) is 10.2.